The maximum Gasteiger partial charge on any atom is 0.319 e. The van der Waals surface area contributed by atoms with Gasteiger partial charge in [-0.1, -0.05) is 6.92 Å². The zero-order chi connectivity index (χ0) is 13.6. The van der Waals surface area contributed by atoms with Gasteiger partial charge in [0, 0.05) is 19.8 Å². The van der Waals surface area contributed by atoms with Gasteiger partial charge in [0.25, 0.3) is 0 Å². The minimum Gasteiger partial charge on any atom is -0.466 e. The van der Waals surface area contributed by atoms with E-state index in [1.165, 1.54) is 6.92 Å². The number of rotatable bonds is 6. The Kier molecular flexibility index (Phi) is 5.31. The molecule has 0 radical (unpaired) electrons. The molecule has 0 aromatic carbocycles. The topological polar surface area (TPSA) is 69.7 Å². The van der Waals surface area contributed by atoms with Gasteiger partial charge in [-0.3, -0.25) is 14.4 Å². The molecule has 0 N–H and O–H groups in total. The zero-order valence-corrected chi connectivity index (χ0v) is 11.0. The van der Waals surface area contributed by atoms with Gasteiger partial charge >= 0.3 is 11.9 Å². The molecule has 0 aliphatic heterocycles. The van der Waals surface area contributed by atoms with Gasteiger partial charge in [0.1, 0.15) is 11.2 Å². The number of carbonyl (C=O) groups is 3. The predicted octanol–water partition coefficient (Wildman–Crippen LogP) is 1.63. The highest BCUT2D eigenvalue weighted by molar-refractivity contribution is 6.05. The first kappa shape index (κ1) is 14.7. The number of ketones is 1. The fourth-order valence-corrected chi connectivity index (χ4v) is 2.21. The Labute approximate surface area is 107 Å². The first-order valence-electron chi connectivity index (χ1n) is 6.37. The molecular weight excluding hydrogens is 236 g/mol. The molecule has 1 saturated carbocycles. The number of Topliss-reactive ketones (excluding diaryl/α,β-unsaturated/α-hetero) is 1. The van der Waals surface area contributed by atoms with E-state index in [1.54, 1.807) is 0 Å². The average Bonchev–Trinajstić information content (AvgIpc) is 2.68. The summed E-state index contributed by atoms with van der Waals surface area (Å²) < 4.78 is 9.94. The van der Waals surface area contributed by atoms with Crippen molar-refractivity contribution in [3.63, 3.8) is 0 Å². The van der Waals surface area contributed by atoms with E-state index in [2.05, 4.69) is 0 Å². The normalized spacial score (nSPS) is 22.9. The number of esters is 2. The monoisotopic (exact) mass is 256 g/mol. The number of ether oxygens (including phenoxy) is 2. The number of hydrogen-bond acceptors (Lipinski definition) is 5. The van der Waals surface area contributed by atoms with Gasteiger partial charge in [0.2, 0.25) is 0 Å². The average molecular weight is 256 g/mol. The van der Waals surface area contributed by atoms with Crippen LogP contribution < -0.4 is 0 Å². The Bertz CT molecular complexity index is 336. The highest BCUT2D eigenvalue weighted by Gasteiger charge is 2.49. The molecule has 1 aliphatic carbocycles. The maximum atomic E-state index is 12.0. The summed E-state index contributed by atoms with van der Waals surface area (Å²) in [6.45, 7) is 3.61. The van der Waals surface area contributed by atoms with Crippen LogP contribution in [-0.2, 0) is 23.9 Å². The molecule has 5 nitrogen and oxygen atoms in total. The second-order valence-corrected chi connectivity index (χ2v) is 4.58. The summed E-state index contributed by atoms with van der Waals surface area (Å²) in [5, 5.41) is 0. The molecule has 0 saturated heterocycles. The van der Waals surface area contributed by atoms with Crippen LogP contribution in [0.4, 0.5) is 0 Å². The summed E-state index contributed by atoms with van der Waals surface area (Å²) in [7, 11) is 0. The van der Waals surface area contributed by atoms with E-state index in [-0.39, 0.29) is 18.8 Å². The largest absolute Gasteiger partial charge is 0.466 e. The van der Waals surface area contributed by atoms with E-state index in [9.17, 15) is 14.4 Å². The second kappa shape index (κ2) is 6.52. The van der Waals surface area contributed by atoms with Gasteiger partial charge in [-0.15, -0.1) is 0 Å². The molecule has 0 aromatic rings. The Morgan fingerprint density at radius 1 is 1.28 bits per heavy atom. The summed E-state index contributed by atoms with van der Waals surface area (Å²) >= 11 is 0. The van der Waals surface area contributed by atoms with Crippen molar-refractivity contribution in [2.75, 3.05) is 13.2 Å². The van der Waals surface area contributed by atoms with Crippen molar-refractivity contribution in [1.82, 2.24) is 0 Å². The highest BCUT2D eigenvalue weighted by Crippen LogP contribution is 2.39. The Morgan fingerprint density at radius 2 is 2.00 bits per heavy atom. The molecule has 1 atom stereocenters. The van der Waals surface area contributed by atoms with Gasteiger partial charge in [0.05, 0.1) is 13.2 Å². The van der Waals surface area contributed by atoms with E-state index in [4.69, 9.17) is 9.47 Å². The Hall–Kier alpha value is -1.39. The molecule has 1 fully saturated rings. The summed E-state index contributed by atoms with van der Waals surface area (Å²) in [5.74, 6) is -0.952. The summed E-state index contributed by atoms with van der Waals surface area (Å²) in [6, 6.07) is 0. The lowest BCUT2D eigenvalue weighted by Crippen LogP contribution is -2.38. The van der Waals surface area contributed by atoms with Crippen molar-refractivity contribution in [3.8, 4) is 0 Å². The highest BCUT2D eigenvalue weighted by atomic mass is 16.5. The molecule has 1 aliphatic rings. The van der Waals surface area contributed by atoms with Crippen LogP contribution in [0.3, 0.4) is 0 Å². The van der Waals surface area contributed by atoms with Crippen LogP contribution in [0.2, 0.25) is 0 Å². The first-order valence-corrected chi connectivity index (χ1v) is 6.37. The van der Waals surface area contributed by atoms with Gasteiger partial charge in [-0.05, 0) is 19.3 Å². The van der Waals surface area contributed by atoms with Crippen LogP contribution in [0.15, 0.2) is 0 Å². The fraction of sp³-hybridized carbons (Fsp3) is 0.769. The van der Waals surface area contributed by atoms with E-state index in [1.807, 2.05) is 6.92 Å². The lowest BCUT2D eigenvalue weighted by Gasteiger charge is -2.24. The third-order valence-corrected chi connectivity index (χ3v) is 3.20. The molecule has 0 bridgehead atoms. The summed E-state index contributed by atoms with van der Waals surface area (Å²) in [4.78, 5) is 34.7. The fourth-order valence-electron chi connectivity index (χ4n) is 2.21. The number of carbonyl (C=O) groups excluding carboxylic acids is 3. The Balaban J connectivity index is 2.67. The van der Waals surface area contributed by atoms with E-state index < -0.39 is 17.4 Å². The zero-order valence-electron chi connectivity index (χ0n) is 11.0. The van der Waals surface area contributed by atoms with Crippen molar-refractivity contribution in [1.29, 1.82) is 0 Å². The smallest absolute Gasteiger partial charge is 0.319 e. The third kappa shape index (κ3) is 3.31. The minimum atomic E-state index is -1.08. The van der Waals surface area contributed by atoms with Crippen molar-refractivity contribution in [2.45, 2.75) is 46.0 Å². The van der Waals surface area contributed by atoms with E-state index in [0.29, 0.717) is 25.9 Å². The van der Waals surface area contributed by atoms with Crippen LogP contribution in [0.25, 0.3) is 0 Å². The summed E-state index contributed by atoms with van der Waals surface area (Å²) in [6.07, 6.45) is 2.55. The van der Waals surface area contributed by atoms with E-state index >= 15 is 0 Å². The SMILES string of the molecule is CCCOC(=O)C1(CCOC(C)=O)CCCC1=O. The van der Waals surface area contributed by atoms with Crippen LogP contribution in [0.5, 0.6) is 0 Å². The molecule has 5 heteroatoms. The molecule has 1 rings (SSSR count). The quantitative estimate of drug-likeness (QED) is 0.533. The lowest BCUT2D eigenvalue weighted by atomic mass is 9.82. The predicted molar refractivity (Wildman–Crippen MR) is 63.8 cm³/mol. The van der Waals surface area contributed by atoms with Crippen molar-refractivity contribution in [3.05, 3.63) is 0 Å². The first-order chi connectivity index (χ1) is 8.53. The van der Waals surface area contributed by atoms with E-state index in [0.717, 1.165) is 6.42 Å². The van der Waals surface area contributed by atoms with Crippen molar-refractivity contribution < 1.29 is 23.9 Å². The molecule has 0 spiro atoms. The minimum absolute atomic E-state index is 0.0856. The van der Waals surface area contributed by atoms with Gasteiger partial charge in [-0.2, -0.15) is 0 Å². The number of hydrogen-bond donors (Lipinski definition) is 0. The molecule has 0 aromatic heterocycles. The molecular formula is C13H20O5. The standard InChI is InChI=1S/C13H20O5/c1-3-8-18-12(16)13(6-4-5-11(13)15)7-9-17-10(2)14/h3-9H2,1-2H3. The molecule has 1 unspecified atom stereocenters. The van der Waals surface area contributed by atoms with Crippen LogP contribution >= 0.6 is 0 Å². The van der Waals surface area contributed by atoms with Crippen molar-refractivity contribution in [2.24, 2.45) is 5.41 Å². The third-order valence-electron chi connectivity index (χ3n) is 3.20. The molecule has 18 heavy (non-hydrogen) atoms. The maximum absolute atomic E-state index is 12.0. The van der Waals surface area contributed by atoms with Crippen LogP contribution in [0.1, 0.15) is 46.0 Å². The molecule has 0 amide bonds. The van der Waals surface area contributed by atoms with Gasteiger partial charge in [-0.25, -0.2) is 0 Å². The summed E-state index contributed by atoms with van der Waals surface area (Å²) in [5.41, 5.74) is -1.08. The molecule has 0 heterocycles. The van der Waals surface area contributed by atoms with Crippen molar-refractivity contribution >= 4 is 17.7 Å². The van der Waals surface area contributed by atoms with Crippen LogP contribution in [0, 0.1) is 5.41 Å². The van der Waals surface area contributed by atoms with Gasteiger partial charge in [0.15, 0.2) is 0 Å². The lowest BCUT2D eigenvalue weighted by molar-refractivity contribution is -0.162. The molecule has 102 valence electrons. The second-order valence-electron chi connectivity index (χ2n) is 4.58. The van der Waals surface area contributed by atoms with Gasteiger partial charge < -0.3 is 9.47 Å². The van der Waals surface area contributed by atoms with Crippen LogP contribution in [-0.4, -0.2) is 30.9 Å². The Morgan fingerprint density at radius 3 is 2.50 bits per heavy atom.